The van der Waals surface area contributed by atoms with Crippen LogP contribution in [-0.2, 0) is 12.8 Å². The van der Waals surface area contributed by atoms with E-state index in [4.69, 9.17) is 14.5 Å². The first-order valence-electron chi connectivity index (χ1n) is 13.4. The van der Waals surface area contributed by atoms with Gasteiger partial charge in [-0.05, 0) is 85.0 Å². The molecule has 3 atom stereocenters. The Morgan fingerprint density at radius 2 is 1.73 bits per heavy atom. The SMILES string of the molecule is C=CC1CN2CCc3c([nH]c4ccc(OC)cc34)C2CC1CC1=NCCc2c1[nH]c1ccc(OC)cc21. The number of H-pyrrole nitrogens is 2. The smallest absolute Gasteiger partial charge is 0.119 e. The van der Waals surface area contributed by atoms with Crippen LogP contribution in [-0.4, -0.2) is 54.4 Å². The highest BCUT2D eigenvalue weighted by molar-refractivity contribution is 6.06. The van der Waals surface area contributed by atoms with Crippen LogP contribution in [0.4, 0.5) is 0 Å². The third-order valence-corrected chi connectivity index (χ3v) is 8.97. The molecule has 7 rings (SSSR count). The van der Waals surface area contributed by atoms with E-state index in [1.54, 1.807) is 14.2 Å². The van der Waals surface area contributed by atoms with Crippen molar-refractivity contribution in [3.63, 3.8) is 0 Å². The summed E-state index contributed by atoms with van der Waals surface area (Å²) in [7, 11) is 3.47. The molecule has 6 heteroatoms. The summed E-state index contributed by atoms with van der Waals surface area (Å²) in [5.41, 5.74) is 9.07. The molecule has 2 aromatic heterocycles. The lowest BCUT2D eigenvalue weighted by atomic mass is 9.75. The van der Waals surface area contributed by atoms with Gasteiger partial charge in [-0.1, -0.05) is 6.08 Å². The fraction of sp³-hybridized carbons (Fsp3) is 0.387. The molecule has 0 saturated carbocycles. The average Bonchev–Trinajstić information content (AvgIpc) is 3.51. The van der Waals surface area contributed by atoms with Gasteiger partial charge in [-0.15, -0.1) is 6.58 Å². The predicted molar refractivity (Wildman–Crippen MR) is 149 cm³/mol. The van der Waals surface area contributed by atoms with Crippen molar-refractivity contribution in [2.24, 2.45) is 16.8 Å². The number of hydrogen-bond acceptors (Lipinski definition) is 4. The Morgan fingerprint density at radius 3 is 2.46 bits per heavy atom. The molecule has 1 saturated heterocycles. The zero-order chi connectivity index (χ0) is 25.1. The number of aromatic amines is 2. The highest BCUT2D eigenvalue weighted by Crippen LogP contribution is 2.45. The summed E-state index contributed by atoms with van der Waals surface area (Å²) in [5, 5.41) is 2.58. The van der Waals surface area contributed by atoms with Crippen molar-refractivity contribution in [3.8, 4) is 11.5 Å². The Kier molecular flexibility index (Phi) is 5.39. The number of ether oxygens (including phenoxy) is 2. The van der Waals surface area contributed by atoms with E-state index in [-0.39, 0.29) is 0 Å². The van der Waals surface area contributed by atoms with Crippen LogP contribution in [0.15, 0.2) is 54.0 Å². The van der Waals surface area contributed by atoms with Gasteiger partial charge >= 0.3 is 0 Å². The van der Waals surface area contributed by atoms with Crippen molar-refractivity contribution in [2.45, 2.75) is 31.7 Å². The van der Waals surface area contributed by atoms with E-state index in [1.165, 1.54) is 50.0 Å². The summed E-state index contributed by atoms with van der Waals surface area (Å²) < 4.78 is 11.0. The molecular weight excluding hydrogens is 460 g/mol. The van der Waals surface area contributed by atoms with Gasteiger partial charge < -0.3 is 19.4 Å². The van der Waals surface area contributed by atoms with Crippen LogP contribution < -0.4 is 9.47 Å². The first-order valence-corrected chi connectivity index (χ1v) is 13.4. The molecule has 0 radical (unpaired) electrons. The molecule has 37 heavy (non-hydrogen) atoms. The molecule has 0 aliphatic carbocycles. The van der Waals surface area contributed by atoms with Gasteiger partial charge in [0.1, 0.15) is 11.5 Å². The maximum absolute atomic E-state index is 5.52. The minimum absolute atomic E-state index is 0.402. The van der Waals surface area contributed by atoms with Crippen LogP contribution in [0, 0.1) is 11.8 Å². The fourth-order valence-electron chi connectivity index (χ4n) is 7.05. The van der Waals surface area contributed by atoms with E-state index in [1.807, 2.05) is 12.1 Å². The quantitative estimate of drug-likeness (QED) is 0.344. The van der Waals surface area contributed by atoms with E-state index < -0.39 is 0 Å². The molecule has 3 aliphatic heterocycles. The maximum atomic E-state index is 5.52. The molecule has 5 heterocycles. The number of benzene rings is 2. The molecule has 3 aliphatic rings. The van der Waals surface area contributed by atoms with E-state index in [2.05, 4.69) is 51.8 Å². The zero-order valence-electron chi connectivity index (χ0n) is 21.6. The Bertz CT molecular complexity index is 1540. The Balaban J connectivity index is 1.21. The van der Waals surface area contributed by atoms with Gasteiger partial charge in [-0.2, -0.15) is 0 Å². The Hall–Kier alpha value is -3.51. The van der Waals surface area contributed by atoms with Gasteiger partial charge in [0.15, 0.2) is 0 Å². The van der Waals surface area contributed by atoms with Gasteiger partial charge in [-0.25, -0.2) is 0 Å². The monoisotopic (exact) mass is 494 g/mol. The molecule has 0 amide bonds. The van der Waals surface area contributed by atoms with Crippen molar-refractivity contribution < 1.29 is 9.47 Å². The maximum Gasteiger partial charge on any atom is 0.119 e. The highest BCUT2D eigenvalue weighted by atomic mass is 16.5. The van der Waals surface area contributed by atoms with Gasteiger partial charge in [-0.3, -0.25) is 9.89 Å². The summed E-state index contributed by atoms with van der Waals surface area (Å²) >= 11 is 0. The number of piperidine rings is 1. The molecular formula is C31H34N4O2. The van der Waals surface area contributed by atoms with Crippen molar-refractivity contribution in [2.75, 3.05) is 33.9 Å². The molecule has 0 spiro atoms. The van der Waals surface area contributed by atoms with E-state index >= 15 is 0 Å². The molecule has 2 aromatic carbocycles. The number of aliphatic imine (C=N–C) groups is 1. The predicted octanol–water partition coefficient (Wildman–Crippen LogP) is 5.82. The van der Waals surface area contributed by atoms with E-state index in [0.29, 0.717) is 17.9 Å². The lowest BCUT2D eigenvalue weighted by Gasteiger charge is -2.46. The minimum atomic E-state index is 0.402. The number of nitrogens with zero attached hydrogens (tertiary/aromatic N) is 2. The second-order valence-electron chi connectivity index (χ2n) is 10.8. The van der Waals surface area contributed by atoms with Crippen molar-refractivity contribution >= 4 is 27.5 Å². The third kappa shape index (κ3) is 3.61. The van der Waals surface area contributed by atoms with Crippen LogP contribution in [0.2, 0.25) is 0 Å². The Labute approximate surface area is 217 Å². The number of methoxy groups -OCH3 is 2. The van der Waals surface area contributed by atoms with Crippen LogP contribution in [0.25, 0.3) is 21.8 Å². The van der Waals surface area contributed by atoms with Crippen molar-refractivity contribution in [1.29, 1.82) is 0 Å². The molecule has 4 aromatic rings. The van der Waals surface area contributed by atoms with Gasteiger partial charge in [0.25, 0.3) is 0 Å². The minimum Gasteiger partial charge on any atom is -0.497 e. The number of rotatable bonds is 5. The molecule has 1 fully saturated rings. The number of hydrogen-bond donors (Lipinski definition) is 2. The van der Waals surface area contributed by atoms with Crippen LogP contribution >= 0.6 is 0 Å². The number of nitrogens with one attached hydrogen (secondary N) is 2. The van der Waals surface area contributed by atoms with Gasteiger partial charge in [0, 0.05) is 47.1 Å². The molecule has 0 bridgehead atoms. The second kappa shape index (κ2) is 8.80. The van der Waals surface area contributed by atoms with Crippen LogP contribution in [0.3, 0.4) is 0 Å². The summed E-state index contributed by atoms with van der Waals surface area (Å²) in [4.78, 5) is 15.2. The summed E-state index contributed by atoms with van der Waals surface area (Å²) in [6.07, 6.45) is 6.31. The lowest BCUT2D eigenvalue weighted by molar-refractivity contribution is 0.0735. The van der Waals surface area contributed by atoms with Crippen molar-refractivity contribution in [1.82, 2.24) is 14.9 Å². The van der Waals surface area contributed by atoms with Gasteiger partial charge in [0.05, 0.1) is 31.7 Å². The molecule has 6 nitrogen and oxygen atoms in total. The summed E-state index contributed by atoms with van der Waals surface area (Å²) in [6, 6.07) is 13.1. The highest BCUT2D eigenvalue weighted by Gasteiger charge is 2.40. The Morgan fingerprint density at radius 1 is 1.00 bits per heavy atom. The van der Waals surface area contributed by atoms with Gasteiger partial charge in [0.2, 0.25) is 0 Å². The topological polar surface area (TPSA) is 65.6 Å². The lowest BCUT2D eigenvalue weighted by Crippen LogP contribution is -2.46. The molecule has 190 valence electrons. The first kappa shape index (κ1) is 22.7. The molecule has 3 unspecified atom stereocenters. The summed E-state index contributed by atoms with van der Waals surface area (Å²) in [6.45, 7) is 7.25. The first-order chi connectivity index (χ1) is 18.2. The second-order valence-corrected chi connectivity index (χ2v) is 10.8. The number of aromatic nitrogens is 2. The van der Waals surface area contributed by atoms with Crippen LogP contribution in [0.5, 0.6) is 11.5 Å². The molecule has 2 N–H and O–H groups in total. The standard InChI is InChI=1S/C31H34N4O2/c1-4-18-17-35-12-10-23-25-16-21(37-3)6-8-27(25)34-31(23)29(35)14-19(18)13-28-30-22(9-11-32-28)24-15-20(36-2)5-7-26(24)33-30/h4-8,15-16,18-19,29,33-34H,1,9-14,17H2,2-3H3. The summed E-state index contributed by atoms with van der Waals surface area (Å²) in [5.74, 6) is 2.78. The average molecular weight is 495 g/mol. The number of fused-ring (bicyclic) bond motifs is 8. The van der Waals surface area contributed by atoms with E-state index in [0.717, 1.165) is 56.8 Å². The van der Waals surface area contributed by atoms with Crippen LogP contribution in [0.1, 0.15) is 41.4 Å². The zero-order valence-corrected chi connectivity index (χ0v) is 21.6. The third-order valence-electron chi connectivity index (χ3n) is 8.97. The van der Waals surface area contributed by atoms with E-state index in [9.17, 15) is 0 Å². The largest absolute Gasteiger partial charge is 0.497 e. The van der Waals surface area contributed by atoms with Crippen molar-refractivity contribution in [3.05, 3.63) is 71.6 Å². The normalized spacial score (nSPS) is 23.3. The fourth-order valence-corrected chi connectivity index (χ4v) is 7.05.